The molecular formula is C11H15NO2. The topological polar surface area (TPSA) is 52.3 Å². The van der Waals surface area contributed by atoms with Crippen LogP contribution in [0.1, 0.15) is 30.1 Å². The van der Waals surface area contributed by atoms with Crippen molar-refractivity contribution >= 4 is 11.5 Å². The molecule has 0 atom stereocenters. The van der Waals surface area contributed by atoms with E-state index >= 15 is 0 Å². The molecule has 14 heavy (non-hydrogen) atoms. The van der Waals surface area contributed by atoms with Gasteiger partial charge in [0.15, 0.2) is 5.78 Å². The van der Waals surface area contributed by atoms with Crippen LogP contribution in [0.4, 0.5) is 5.69 Å². The Labute approximate surface area is 83.9 Å². The monoisotopic (exact) mass is 193 g/mol. The molecule has 0 aromatic heterocycles. The quantitative estimate of drug-likeness (QED) is 0.589. The molecule has 0 saturated carbocycles. The first-order valence-corrected chi connectivity index (χ1v) is 4.66. The highest BCUT2D eigenvalue weighted by Crippen LogP contribution is 2.25. The molecule has 1 aromatic rings. The van der Waals surface area contributed by atoms with Gasteiger partial charge in [-0.2, -0.15) is 0 Å². The van der Waals surface area contributed by atoms with Crippen LogP contribution in [0.3, 0.4) is 0 Å². The zero-order chi connectivity index (χ0) is 10.6. The van der Waals surface area contributed by atoms with Crippen LogP contribution in [0, 0.1) is 0 Å². The number of para-hydroxylation sites is 1. The summed E-state index contributed by atoms with van der Waals surface area (Å²) in [6, 6.07) is 5.26. The molecule has 0 aliphatic rings. The van der Waals surface area contributed by atoms with Crippen LogP contribution in [-0.2, 0) is 0 Å². The van der Waals surface area contributed by atoms with Gasteiger partial charge in [-0.15, -0.1) is 0 Å². The number of ether oxygens (including phenoxy) is 1. The number of carbonyl (C=O) groups is 1. The highest BCUT2D eigenvalue weighted by molar-refractivity contribution is 6.01. The third-order valence-corrected chi connectivity index (χ3v) is 2.06. The molecule has 0 radical (unpaired) electrons. The van der Waals surface area contributed by atoms with Gasteiger partial charge in [0.25, 0.3) is 0 Å². The lowest BCUT2D eigenvalue weighted by Crippen LogP contribution is -2.04. The van der Waals surface area contributed by atoms with Gasteiger partial charge in [-0.05, 0) is 18.6 Å². The van der Waals surface area contributed by atoms with Gasteiger partial charge in [-0.1, -0.05) is 13.0 Å². The van der Waals surface area contributed by atoms with Crippen LogP contribution in [0.25, 0.3) is 0 Å². The number of hydrogen-bond acceptors (Lipinski definition) is 3. The molecule has 3 nitrogen and oxygen atoms in total. The van der Waals surface area contributed by atoms with Crippen LogP contribution < -0.4 is 10.5 Å². The number of carbonyl (C=O) groups excluding carboxylic acids is 1. The van der Waals surface area contributed by atoms with Crippen molar-refractivity contribution in [1.82, 2.24) is 0 Å². The first-order chi connectivity index (χ1) is 6.70. The average molecular weight is 193 g/mol. The van der Waals surface area contributed by atoms with Crippen LogP contribution >= 0.6 is 0 Å². The number of methoxy groups -OCH3 is 1. The third kappa shape index (κ3) is 2.05. The molecule has 1 aromatic carbocycles. The maximum Gasteiger partial charge on any atom is 0.165 e. The Morgan fingerprint density at radius 1 is 1.50 bits per heavy atom. The minimum absolute atomic E-state index is 0.0731. The Hall–Kier alpha value is -1.51. The zero-order valence-electron chi connectivity index (χ0n) is 8.54. The highest BCUT2D eigenvalue weighted by Gasteiger charge is 2.11. The molecule has 0 heterocycles. The van der Waals surface area contributed by atoms with E-state index in [2.05, 4.69) is 0 Å². The molecule has 0 aliphatic heterocycles. The summed E-state index contributed by atoms with van der Waals surface area (Å²) in [7, 11) is 1.54. The maximum atomic E-state index is 11.6. The highest BCUT2D eigenvalue weighted by atomic mass is 16.5. The van der Waals surface area contributed by atoms with Crippen LogP contribution in [-0.4, -0.2) is 12.9 Å². The summed E-state index contributed by atoms with van der Waals surface area (Å²) in [5.74, 6) is 0.635. The molecule has 0 spiro atoms. The molecule has 3 heteroatoms. The number of nitrogen functional groups attached to an aromatic ring is 1. The van der Waals surface area contributed by atoms with Crippen molar-refractivity contribution in [2.75, 3.05) is 12.8 Å². The smallest absolute Gasteiger partial charge is 0.165 e. The minimum atomic E-state index is 0.0731. The second-order valence-electron chi connectivity index (χ2n) is 3.09. The summed E-state index contributed by atoms with van der Waals surface area (Å²) < 4.78 is 5.04. The van der Waals surface area contributed by atoms with Gasteiger partial charge in [0.1, 0.15) is 5.75 Å². The largest absolute Gasteiger partial charge is 0.495 e. The fraction of sp³-hybridized carbons (Fsp3) is 0.364. The first kappa shape index (κ1) is 10.6. The fourth-order valence-electron chi connectivity index (χ4n) is 1.33. The number of Topliss-reactive ketones (excluding diaryl/α,β-unsaturated/α-hetero) is 1. The third-order valence-electron chi connectivity index (χ3n) is 2.06. The summed E-state index contributed by atoms with van der Waals surface area (Å²) in [6.45, 7) is 1.97. The van der Waals surface area contributed by atoms with Crippen molar-refractivity contribution in [3.05, 3.63) is 23.8 Å². The molecule has 0 aliphatic carbocycles. The number of ketones is 1. The summed E-state index contributed by atoms with van der Waals surface area (Å²) in [5, 5.41) is 0. The minimum Gasteiger partial charge on any atom is -0.495 e. The number of hydrogen-bond donors (Lipinski definition) is 1. The van der Waals surface area contributed by atoms with E-state index in [4.69, 9.17) is 10.5 Å². The molecule has 0 saturated heterocycles. The Kier molecular flexibility index (Phi) is 3.51. The van der Waals surface area contributed by atoms with Gasteiger partial charge in [0.2, 0.25) is 0 Å². The summed E-state index contributed by atoms with van der Waals surface area (Å²) in [6.07, 6.45) is 1.35. The predicted molar refractivity (Wildman–Crippen MR) is 56.6 cm³/mol. The van der Waals surface area contributed by atoms with E-state index < -0.39 is 0 Å². The van der Waals surface area contributed by atoms with Gasteiger partial charge in [0, 0.05) is 12.0 Å². The number of nitrogens with two attached hydrogens (primary N) is 1. The lowest BCUT2D eigenvalue weighted by atomic mass is 10.0. The van der Waals surface area contributed by atoms with Crippen molar-refractivity contribution in [2.45, 2.75) is 19.8 Å². The van der Waals surface area contributed by atoms with Gasteiger partial charge in [-0.25, -0.2) is 0 Å². The summed E-state index contributed by atoms with van der Waals surface area (Å²) in [5.41, 5.74) is 6.78. The Morgan fingerprint density at radius 3 is 2.79 bits per heavy atom. The molecule has 2 N–H and O–H groups in total. The number of anilines is 1. The Balaban J connectivity index is 3.03. The summed E-state index contributed by atoms with van der Waals surface area (Å²) >= 11 is 0. The van der Waals surface area contributed by atoms with Gasteiger partial charge in [-0.3, -0.25) is 4.79 Å². The second kappa shape index (κ2) is 4.65. The molecule has 0 bridgehead atoms. The van der Waals surface area contributed by atoms with Gasteiger partial charge < -0.3 is 10.5 Å². The van der Waals surface area contributed by atoms with Crippen LogP contribution in [0.15, 0.2) is 18.2 Å². The van der Waals surface area contributed by atoms with Gasteiger partial charge in [0.05, 0.1) is 12.8 Å². The average Bonchev–Trinajstić information content (AvgIpc) is 2.18. The van der Waals surface area contributed by atoms with E-state index in [1.54, 1.807) is 25.3 Å². The summed E-state index contributed by atoms with van der Waals surface area (Å²) in [4.78, 5) is 11.6. The number of rotatable bonds is 4. The van der Waals surface area contributed by atoms with Gasteiger partial charge >= 0.3 is 0 Å². The first-order valence-electron chi connectivity index (χ1n) is 4.66. The zero-order valence-corrected chi connectivity index (χ0v) is 8.54. The molecule has 0 amide bonds. The Morgan fingerprint density at radius 2 is 2.21 bits per heavy atom. The SMILES string of the molecule is CCCC(=O)c1cccc(OC)c1N. The molecule has 0 unspecified atom stereocenters. The molecular weight excluding hydrogens is 178 g/mol. The lowest BCUT2D eigenvalue weighted by Gasteiger charge is -2.08. The maximum absolute atomic E-state index is 11.6. The van der Waals surface area contributed by atoms with E-state index in [9.17, 15) is 4.79 Å². The normalized spacial score (nSPS) is 9.86. The molecule has 1 rings (SSSR count). The van der Waals surface area contributed by atoms with E-state index in [1.165, 1.54) is 0 Å². The fourth-order valence-corrected chi connectivity index (χ4v) is 1.33. The van der Waals surface area contributed by atoms with E-state index in [1.807, 2.05) is 6.92 Å². The van der Waals surface area contributed by atoms with Crippen molar-refractivity contribution in [2.24, 2.45) is 0 Å². The van der Waals surface area contributed by atoms with Crippen molar-refractivity contribution in [3.8, 4) is 5.75 Å². The standard InChI is InChI=1S/C11H15NO2/c1-3-5-9(13)8-6-4-7-10(14-2)11(8)12/h4,6-7H,3,5,12H2,1-2H3. The van der Waals surface area contributed by atoms with Crippen LogP contribution in [0.5, 0.6) is 5.75 Å². The molecule has 0 fully saturated rings. The van der Waals surface area contributed by atoms with E-state index in [0.717, 1.165) is 6.42 Å². The van der Waals surface area contributed by atoms with E-state index in [-0.39, 0.29) is 5.78 Å². The predicted octanol–water partition coefficient (Wildman–Crippen LogP) is 2.26. The second-order valence-corrected chi connectivity index (χ2v) is 3.09. The van der Waals surface area contributed by atoms with E-state index in [0.29, 0.717) is 23.4 Å². The van der Waals surface area contributed by atoms with Crippen molar-refractivity contribution in [3.63, 3.8) is 0 Å². The number of benzene rings is 1. The lowest BCUT2D eigenvalue weighted by molar-refractivity contribution is 0.0982. The van der Waals surface area contributed by atoms with Crippen molar-refractivity contribution < 1.29 is 9.53 Å². The van der Waals surface area contributed by atoms with Crippen molar-refractivity contribution in [1.29, 1.82) is 0 Å². The van der Waals surface area contributed by atoms with Crippen LogP contribution in [0.2, 0.25) is 0 Å². The Bertz CT molecular complexity index is 334. The molecule has 76 valence electrons.